The van der Waals surface area contributed by atoms with Gasteiger partial charge in [-0.15, -0.1) is 0 Å². The number of hydrogen-bond acceptors (Lipinski definition) is 12. The van der Waals surface area contributed by atoms with Crippen LogP contribution in [-0.4, -0.2) is 134 Å². The number of rotatable bonds is 8. The average molecular weight is 823 g/mol. The number of methoxy groups -OCH3 is 3. The zero-order chi connectivity index (χ0) is 42.1. The van der Waals surface area contributed by atoms with Gasteiger partial charge in [0.05, 0.1) is 39.2 Å². The van der Waals surface area contributed by atoms with Crippen LogP contribution in [0.25, 0.3) is 10.9 Å². The minimum Gasteiger partial charge on any atom is -0.496 e. The molecule has 4 fully saturated rings. The van der Waals surface area contributed by atoms with E-state index in [1.54, 1.807) is 13.2 Å². The van der Waals surface area contributed by atoms with E-state index in [2.05, 4.69) is 27.8 Å². The lowest BCUT2D eigenvalue weighted by molar-refractivity contribution is -0.228. The number of nitrogens with one attached hydrogen (secondary N) is 1. The summed E-state index contributed by atoms with van der Waals surface area (Å²) in [4.78, 5) is 66.5. The highest BCUT2D eigenvalue weighted by Crippen LogP contribution is 2.68. The van der Waals surface area contributed by atoms with Crippen LogP contribution in [0.4, 0.5) is 5.69 Å². The Bertz CT molecular complexity index is 2360. The van der Waals surface area contributed by atoms with Crippen molar-refractivity contribution in [1.82, 2.24) is 14.8 Å². The van der Waals surface area contributed by atoms with Crippen molar-refractivity contribution in [3.63, 3.8) is 0 Å². The van der Waals surface area contributed by atoms with Crippen LogP contribution in [0.2, 0.25) is 0 Å². The van der Waals surface area contributed by atoms with E-state index in [0.717, 1.165) is 48.2 Å². The Kier molecular flexibility index (Phi) is 8.77. The molecule has 1 saturated carbocycles. The van der Waals surface area contributed by atoms with Gasteiger partial charge in [-0.05, 0) is 61.9 Å². The molecule has 14 nitrogen and oxygen atoms in total. The number of esters is 3. The first-order valence-electron chi connectivity index (χ1n) is 21.3. The van der Waals surface area contributed by atoms with Crippen molar-refractivity contribution in [3.8, 4) is 5.75 Å². The number of para-hydroxylation sites is 1. The molecule has 60 heavy (non-hydrogen) atoms. The fourth-order valence-electron chi connectivity index (χ4n) is 13.7. The summed E-state index contributed by atoms with van der Waals surface area (Å²) in [5.41, 5.74) is -2.15. The van der Waals surface area contributed by atoms with Gasteiger partial charge in [0, 0.05) is 84.1 Å². The second-order valence-electron chi connectivity index (χ2n) is 18.2. The topological polar surface area (TPSA) is 163 Å². The largest absolute Gasteiger partial charge is 0.496 e. The second-order valence-corrected chi connectivity index (χ2v) is 18.2. The van der Waals surface area contributed by atoms with E-state index in [1.165, 1.54) is 26.0 Å². The van der Waals surface area contributed by atoms with Crippen LogP contribution in [0.5, 0.6) is 5.75 Å². The van der Waals surface area contributed by atoms with Crippen LogP contribution < -0.4 is 9.64 Å². The van der Waals surface area contributed by atoms with Gasteiger partial charge in [0.1, 0.15) is 16.8 Å². The third-order valence-electron chi connectivity index (χ3n) is 15.9. The number of H-pyrrole nitrogens is 1. The van der Waals surface area contributed by atoms with Crippen LogP contribution in [0.15, 0.2) is 48.6 Å². The fraction of sp³-hybridized carbons (Fsp3) is 0.565. The molecule has 6 aliphatic heterocycles. The van der Waals surface area contributed by atoms with E-state index < -0.39 is 57.9 Å². The molecule has 2 aromatic carbocycles. The molecule has 1 aliphatic carbocycles. The number of nitrogens with zero attached hydrogens (tertiary/aromatic N) is 3. The predicted octanol–water partition coefficient (Wildman–Crippen LogP) is 3.53. The van der Waals surface area contributed by atoms with Gasteiger partial charge in [-0.25, -0.2) is 4.79 Å². The molecule has 3 saturated heterocycles. The number of fused-ring (bicyclic) bond motifs is 8. The molecule has 10 rings (SSSR count). The SMILES string of the molecule is CC[C@]12CN3CCc4c([nH]c5ccccc45)[C@@](C(=O)OC)(c4cc5c(cc4OC)N(C=O)[C@H]4[C@@](O)(C(=O)OC)[C@H](OC(C)=O)[C@]6(CC)C=CCN7CC[C@]54[C@@H]76)C[C@H](C3)[C@H]1O2. The number of carbonyl (C=O) groups is 4. The molecule has 1 spiro atoms. The number of epoxide rings is 1. The van der Waals surface area contributed by atoms with Crippen molar-refractivity contribution in [2.75, 3.05) is 59.0 Å². The van der Waals surface area contributed by atoms with Crippen LogP contribution in [-0.2, 0) is 55.4 Å². The highest BCUT2D eigenvalue weighted by atomic mass is 16.6. The van der Waals surface area contributed by atoms with Gasteiger partial charge in [-0.2, -0.15) is 0 Å². The molecule has 14 heteroatoms. The standard InChI is InChI=1S/C46H54N4O10/c1-7-42-15-11-17-49-19-16-44(37(42)49)30-20-31(34(56-4)21-33(30)50(25-51)38(44)46(55,41(54)58-6)39(42)59-26(3)52)45(40(53)57-5)22-27-23-48(24-43(8-2)36(27)60-43)18-14-29-28-12-9-10-13-32(28)47-35(29)45/h9-13,15,20-21,25,27,36-39,47,55H,7-8,14,16-19,22-24H2,1-6H3/t27-,36-,37+,38-,39-,42-,43+,44-,45+,46+/m1/s1. The number of aromatic amines is 1. The fourth-order valence-corrected chi connectivity index (χ4v) is 13.7. The molecule has 1 aromatic heterocycles. The number of piperidine rings is 1. The Labute approximate surface area is 349 Å². The molecule has 0 radical (unpaired) electrons. The summed E-state index contributed by atoms with van der Waals surface area (Å²) in [7, 11) is 4.15. The molecule has 7 aliphatic rings. The molecule has 7 heterocycles. The van der Waals surface area contributed by atoms with Crippen molar-refractivity contribution in [2.45, 2.75) is 99.2 Å². The number of hydrogen-bond donors (Lipinski definition) is 2. The first kappa shape index (κ1) is 39.4. The lowest BCUT2D eigenvalue weighted by Crippen LogP contribution is -2.81. The van der Waals surface area contributed by atoms with Gasteiger partial charge in [0.2, 0.25) is 12.0 Å². The number of benzene rings is 2. The maximum absolute atomic E-state index is 15.4. The number of aliphatic hydroxyl groups is 1. The van der Waals surface area contributed by atoms with Crippen molar-refractivity contribution < 1.29 is 48.0 Å². The van der Waals surface area contributed by atoms with E-state index in [0.29, 0.717) is 67.7 Å². The molecule has 2 bridgehead atoms. The Morgan fingerprint density at radius 1 is 1.02 bits per heavy atom. The second kappa shape index (κ2) is 13.4. The highest BCUT2D eigenvalue weighted by molar-refractivity contribution is 5.96. The number of ether oxygens (including phenoxy) is 5. The molecular weight excluding hydrogens is 769 g/mol. The summed E-state index contributed by atoms with van der Waals surface area (Å²) >= 11 is 0. The van der Waals surface area contributed by atoms with Gasteiger partial charge < -0.3 is 38.7 Å². The summed E-state index contributed by atoms with van der Waals surface area (Å²) in [6.07, 6.45) is 5.84. The Hall–Kier alpha value is -4.76. The van der Waals surface area contributed by atoms with E-state index in [1.807, 2.05) is 43.3 Å². The monoisotopic (exact) mass is 822 g/mol. The quantitative estimate of drug-likeness (QED) is 0.112. The van der Waals surface area contributed by atoms with Gasteiger partial charge in [0.25, 0.3) is 0 Å². The lowest BCUT2D eigenvalue weighted by Gasteiger charge is -2.63. The molecule has 318 valence electrons. The van der Waals surface area contributed by atoms with Gasteiger partial charge in [-0.1, -0.05) is 44.2 Å². The summed E-state index contributed by atoms with van der Waals surface area (Å²) in [5.74, 6) is -1.87. The van der Waals surface area contributed by atoms with Crippen LogP contribution >= 0.6 is 0 Å². The number of anilines is 1. The maximum atomic E-state index is 15.4. The number of aromatic nitrogens is 1. The Morgan fingerprint density at radius 3 is 2.50 bits per heavy atom. The smallest absolute Gasteiger partial charge is 0.344 e. The first-order chi connectivity index (χ1) is 28.9. The van der Waals surface area contributed by atoms with E-state index >= 15 is 4.79 Å². The minimum absolute atomic E-state index is 0.0585. The van der Waals surface area contributed by atoms with E-state index in [-0.39, 0.29) is 17.6 Å². The van der Waals surface area contributed by atoms with E-state index in [4.69, 9.17) is 23.7 Å². The lowest BCUT2D eigenvalue weighted by atomic mass is 9.47. The van der Waals surface area contributed by atoms with Crippen molar-refractivity contribution in [3.05, 3.63) is 70.9 Å². The molecule has 3 aromatic rings. The average Bonchev–Trinajstić information content (AvgIpc) is 3.53. The number of carbonyl (C=O) groups excluding carboxylic acids is 4. The zero-order valence-corrected chi connectivity index (χ0v) is 35.1. The molecule has 11 atom stereocenters. The third-order valence-corrected chi connectivity index (χ3v) is 15.9. The van der Waals surface area contributed by atoms with Gasteiger partial charge in [-0.3, -0.25) is 24.2 Å². The maximum Gasteiger partial charge on any atom is 0.344 e. The third kappa shape index (κ3) is 4.73. The summed E-state index contributed by atoms with van der Waals surface area (Å²) in [6, 6.07) is 10.2. The zero-order valence-electron chi connectivity index (χ0n) is 35.1. The summed E-state index contributed by atoms with van der Waals surface area (Å²) in [5, 5.41) is 14.3. The normalized spacial score (nSPS) is 38.2. The van der Waals surface area contributed by atoms with Crippen molar-refractivity contribution in [2.24, 2.45) is 11.3 Å². The highest BCUT2D eigenvalue weighted by Gasteiger charge is 2.81. The van der Waals surface area contributed by atoms with Gasteiger partial charge >= 0.3 is 17.9 Å². The van der Waals surface area contributed by atoms with Gasteiger partial charge in [0.15, 0.2) is 6.10 Å². The first-order valence-corrected chi connectivity index (χ1v) is 21.3. The van der Waals surface area contributed by atoms with Crippen LogP contribution in [0.3, 0.4) is 0 Å². The molecule has 1 unspecified atom stereocenters. The number of amides is 1. The van der Waals surface area contributed by atoms with Crippen LogP contribution in [0, 0.1) is 11.3 Å². The van der Waals surface area contributed by atoms with Crippen molar-refractivity contribution in [1.29, 1.82) is 0 Å². The summed E-state index contributed by atoms with van der Waals surface area (Å²) in [6.45, 7) is 8.86. The van der Waals surface area contributed by atoms with E-state index in [9.17, 15) is 19.5 Å². The predicted molar refractivity (Wildman–Crippen MR) is 219 cm³/mol. The molecular formula is C46H54N4O10. The van der Waals surface area contributed by atoms with Crippen LogP contribution in [0.1, 0.15) is 68.8 Å². The Morgan fingerprint density at radius 2 is 1.80 bits per heavy atom. The molecule has 2 N–H and O–H groups in total. The Balaban J connectivity index is 1.29. The minimum atomic E-state index is -2.52. The summed E-state index contributed by atoms with van der Waals surface area (Å²) < 4.78 is 30.4. The van der Waals surface area contributed by atoms with Crippen molar-refractivity contribution >= 4 is 40.9 Å². The molecule has 1 amide bonds.